The molecule has 182 valence electrons. The summed E-state index contributed by atoms with van der Waals surface area (Å²) < 4.78 is 17.8. The maximum absolute atomic E-state index is 13.8. The number of para-hydroxylation sites is 1. The molecule has 4 rings (SSSR count). The molecule has 3 aromatic carbocycles. The zero-order valence-electron chi connectivity index (χ0n) is 20.0. The number of halogens is 1. The van der Waals surface area contributed by atoms with Gasteiger partial charge in [-0.15, -0.1) is 0 Å². The van der Waals surface area contributed by atoms with Crippen LogP contribution in [0.3, 0.4) is 0 Å². The highest BCUT2D eigenvalue weighted by atomic mass is 79.9. The van der Waals surface area contributed by atoms with Gasteiger partial charge in [-0.3, -0.25) is 9.59 Å². The van der Waals surface area contributed by atoms with Gasteiger partial charge < -0.3 is 24.4 Å². The number of aryl methyl sites for hydroxylation is 1. The van der Waals surface area contributed by atoms with Crippen molar-refractivity contribution in [2.24, 2.45) is 0 Å². The first-order valence-corrected chi connectivity index (χ1v) is 12.0. The first-order valence-electron chi connectivity index (χ1n) is 11.2. The van der Waals surface area contributed by atoms with Gasteiger partial charge in [-0.25, -0.2) is 0 Å². The monoisotopic (exact) mass is 538 g/mol. The van der Waals surface area contributed by atoms with E-state index in [0.29, 0.717) is 28.5 Å². The van der Waals surface area contributed by atoms with Gasteiger partial charge in [-0.1, -0.05) is 34.1 Å². The van der Waals surface area contributed by atoms with Gasteiger partial charge >= 0.3 is 0 Å². The third-order valence-corrected chi connectivity index (χ3v) is 6.50. The van der Waals surface area contributed by atoms with Crippen LogP contribution >= 0.6 is 15.9 Å². The second kappa shape index (κ2) is 10.4. The van der Waals surface area contributed by atoms with Gasteiger partial charge in [0.1, 0.15) is 23.3 Å². The van der Waals surface area contributed by atoms with Crippen LogP contribution in [-0.4, -0.2) is 37.0 Å². The van der Waals surface area contributed by atoms with E-state index in [0.717, 1.165) is 15.6 Å². The van der Waals surface area contributed by atoms with E-state index >= 15 is 0 Å². The maximum atomic E-state index is 13.8. The molecule has 0 saturated heterocycles. The second-order valence-corrected chi connectivity index (χ2v) is 9.21. The summed E-state index contributed by atoms with van der Waals surface area (Å²) in [7, 11) is 3.14. The quantitative estimate of drug-likeness (QED) is 0.462. The van der Waals surface area contributed by atoms with E-state index in [1.165, 1.54) is 0 Å². The topological polar surface area (TPSA) is 77.1 Å². The number of hydrogen-bond acceptors (Lipinski definition) is 5. The summed E-state index contributed by atoms with van der Waals surface area (Å²) >= 11 is 3.41. The van der Waals surface area contributed by atoms with Gasteiger partial charge in [-0.05, 0) is 55.8 Å². The molecular formula is C27H27BrN2O5. The van der Waals surface area contributed by atoms with Crippen LogP contribution in [0.2, 0.25) is 0 Å². The van der Waals surface area contributed by atoms with E-state index in [-0.39, 0.29) is 18.4 Å². The molecule has 1 N–H and O–H groups in total. The highest BCUT2D eigenvalue weighted by molar-refractivity contribution is 9.10. The van der Waals surface area contributed by atoms with Crippen LogP contribution in [0.25, 0.3) is 0 Å². The number of nitrogens with one attached hydrogen (secondary N) is 1. The van der Waals surface area contributed by atoms with Crippen molar-refractivity contribution < 1.29 is 23.8 Å². The van der Waals surface area contributed by atoms with Crippen LogP contribution in [0.4, 0.5) is 5.69 Å². The van der Waals surface area contributed by atoms with Crippen molar-refractivity contribution in [3.8, 4) is 17.2 Å². The highest BCUT2D eigenvalue weighted by Crippen LogP contribution is 2.39. The number of fused-ring (bicyclic) bond motifs is 1. The fourth-order valence-corrected chi connectivity index (χ4v) is 4.43. The molecule has 0 saturated carbocycles. The van der Waals surface area contributed by atoms with Gasteiger partial charge in [0.15, 0.2) is 6.10 Å². The Kier molecular flexibility index (Phi) is 7.31. The molecule has 0 radical (unpaired) electrons. The zero-order valence-corrected chi connectivity index (χ0v) is 21.6. The number of benzene rings is 3. The van der Waals surface area contributed by atoms with Crippen LogP contribution < -0.4 is 19.5 Å². The summed E-state index contributed by atoms with van der Waals surface area (Å²) in [6.45, 7) is 3.75. The van der Waals surface area contributed by atoms with E-state index in [2.05, 4.69) is 21.2 Å². The van der Waals surface area contributed by atoms with Crippen LogP contribution in [0.1, 0.15) is 29.7 Å². The Labute approximate surface area is 213 Å². The minimum atomic E-state index is -0.919. The molecule has 2 amide bonds. The third-order valence-electron chi connectivity index (χ3n) is 5.97. The number of ether oxygens (including phenoxy) is 3. The molecule has 35 heavy (non-hydrogen) atoms. The summed E-state index contributed by atoms with van der Waals surface area (Å²) in [4.78, 5) is 28.9. The molecule has 3 aromatic rings. The number of hydrogen-bond donors (Lipinski definition) is 1. The molecule has 1 aliphatic heterocycles. The normalized spacial score (nSPS) is 17.2. The van der Waals surface area contributed by atoms with E-state index in [9.17, 15) is 9.59 Å². The Bertz CT molecular complexity index is 1240. The lowest BCUT2D eigenvalue weighted by Gasteiger charge is -2.30. The lowest BCUT2D eigenvalue weighted by Crippen LogP contribution is -2.44. The van der Waals surface area contributed by atoms with Crippen molar-refractivity contribution in [3.63, 3.8) is 0 Å². The first-order chi connectivity index (χ1) is 16.8. The molecule has 0 aromatic heterocycles. The molecule has 0 spiro atoms. The molecule has 1 aliphatic rings. The minimum Gasteiger partial charge on any atom is -0.497 e. The van der Waals surface area contributed by atoms with E-state index in [1.807, 2.05) is 43.3 Å². The largest absolute Gasteiger partial charge is 0.497 e. The summed E-state index contributed by atoms with van der Waals surface area (Å²) in [5.74, 6) is 1.11. The molecule has 8 heteroatoms. The average molecular weight is 539 g/mol. The maximum Gasteiger partial charge on any atom is 0.264 e. The Morgan fingerprint density at radius 3 is 2.51 bits per heavy atom. The van der Waals surface area contributed by atoms with E-state index < -0.39 is 12.1 Å². The Hall–Kier alpha value is -3.52. The fourth-order valence-electron chi connectivity index (χ4n) is 4.17. The Morgan fingerprint density at radius 1 is 1.09 bits per heavy atom. The molecule has 1 heterocycles. The molecule has 0 bridgehead atoms. The van der Waals surface area contributed by atoms with Gasteiger partial charge in [0.05, 0.1) is 20.8 Å². The smallest absolute Gasteiger partial charge is 0.264 e. The number of rotatable bonds is 6. The minimum absolute atomic E-state index is 0.144. The standard InChI is InChI=1S/C27H27BrN2O5/c1-16-6-5-7-22-24(26(31)29-20-11-9-19(28)10-12-20)30(27(32)17(2)35-25(16)22)15-18-8-13-21(33-3)14-23(18)34-4/h5-14,17,24H,15H2,1-4H3,(H,29,31). The van der Waals surface area contributed by atoms with E-state index in [1.54, 1.807) is 50.3 Å². The Balaban J connectivity index is 1.80. The lowest BCUT2D eigenvalue weighted by molar-refractivity contribution is -0.143. The van der Waals surface area contributed by atoms with Gasteiger partial charge in [0, 0.05) is 27.4 Å². The number of anilines is 1. The van der Waals surface area contributed by atoms with Gasteiger partial charge in [0.2, 0.25) is 0 Å². The summed E-state index contributed by atoms with van der Waals surface area (Å²) in [6.07, 6.45) is -0.774. The second-order valence-electron chi connectivity index (χ2n) is 8.30. The number of carbonyl (C=O) groups excluding carboxylic acids is 2. The first kappa shape index (κ1) is 24.6. The molecule has 2 atom stereocenters. The predicted octanol–water partition coefficient (Wildman–Crippen LogP) is 5.26. The number of nitrogens with zero attached hydrogens (tertiary/aromatic N) is 1. The summed E-state index contributed by atoms with van der Waals surface area (Å²) in [5.41, 5.74) is 2.85. The zero-order chi connectivity index (χ0) is 25.1. The highest BCUT2D eigenvalue weighted by Gasteiger charge is 2.40. The van der Waals surface area contributed by atoms with Crippen molar-refractivity contribution in [1.82, 2.24) is 4.90 Å². The van der Waals surface area contributed by atoms with Crippen molar-refractivity contribution in [1.29, 1.82) is 0 Å². The SMILES string of the molecule is COc1ccc(CN2C(=O)C(C)Oc3c(C)cccc3C2C(=O)Nc2ccc(Br)cc2)c(OC)c1. The van der Waals surface area contributed by atoms with Crippen molar-refractivity contribution in [2.75, 3.05) is 19.5 Å². The van der Waals surface area contributed by atoms with Crippen molar-refractivity contribution in [3.05, 3.63) is 81.8 Å². The van der Waals surface area contributed by atoms with Crippen LogP contribution in [0.5, 0.6) is 17.2 Å². The lowest BCUT2D eigenvalue weighted by atomic mass is 9.99. The fraction of sp³-hybridized carbons (Fsp3) is 0.259. The van der Waals surface area contributed by atoms with Crippen LogP contribution in [-0.2, 0) is 16.1 Å². The number of amides is 2. The van der Waals surface area contributed by atoms with Crippen LogP contribution in [0.15, 0.2) is 65.1 Å². The van der Waals surface area contributed by atoms with Crippen LogP contribution in [0, 0.1) is 6.92 Å². The van der Waals surface area contributed by atoms with E-state index in [4.69, 9.17) is 14.2 Å². The molecule has 2 unspecified atom stereocenters. The molecule has 0 fully saturated rings. The van der Waals surface area contributed by atoms with Gasteiger partial charge in [-0.2, -0.15) is 0 Å². The van der Waals surface area contributed by atoms with Crippen molar-refractivity contribution in [2.45, 2.75) is 32.5 Å². The molecule has 0 aliphatic carbocycles. The average Bonchev–Trinajstić information content (AvgIpc) is 2.96. The summed E-state index contributed by atoms with van der Waals surface area (Å²) in [6, 6.07) is 17.4. The number of carbonyl (C=O) groups is 2. The third kappa shape index (κ3) is 5.12. The van der Waals surface area contributed by atoms with Gasteiger partial charge in [0.25, 0.3) is 11.8 Å². The molecular weight excluding hydrogens is 512 g/mol. The Morgan fingerprint density at radius 2 is 1.83 bits per heavy atom. The predicted molar refractivity (Wildman–Crippen MR) is 137 cm³/mol. The molecule has 7 nitrogen and oxygen atoms in total. The summed E-state index contributed by atoms with van der Waals surface area (Å²) in [5, 5.41) is 2.96. The van der Waals surface area contributed by atoms with Crippen molar-refractivity contribution >= 4 is 33.4 Å². The number of methoxy groups -OCH3 is 2.